The zero-order chi connectivity index (χ0) is 21.8. The van der Waals surface area contributed by atoms with E-state index in [0.29, 0.717) is 35.6 Å². The van der Waals surface area contributed by atoms with Gasteiger partial charge in [0, 0.05) is 48.1 Å². The van der Waals surface area contributed by atoms with Gasteiger partial charge in [-0.25, -0.2) is 0 Å². The molecule has 2 N–H and O–H groups in total. The molecule has 2 saturated heterocycles. The molecular formula is C24H26N6O2. The van der Waals surface area contributed by atoms with Crippen molar-refractivity contribution in [2.45, 2.75) is 56.7 Å². The van der Waals surface area contributed by atoms with Crippen molar-refractivity contribution in [3.8, 4) is 28.1 Å². The number of fused-ring (bicyclic) bond motifs is 3. The van der Waals surface area contributed by atoms with Gasteiger partial charge in [-0.1, -0.05) is 12.5 Å². The lowest BCUT2D eigenvalue weighted by molar-refractivity contribution is -0.118. The van der Waals surface area contributed by atoms with Gasteiger partial charge in [-0.2, -0.15) is 5.10 Å². The molecule has 32 heavy (non-hydrogen) atoms. The van der Waals surface area contributed by atoms with Crippen molar-refractivity contribution in [3.05, 3.63) is 42.2 Å². The Balaban J connectivity index is 1.29. The summed E-state index contributed by atoms with van der Waals surface area (Å²) in [7, 11) is 1.86. The first-order valence-corrected chi connectivity index (χ1v) is 11.3. The van der Waals surface area contributed by atoms with Crippen LogP contribution in [-0.4, -0.2) is 49.1 Å². The molecule has 6 rings (SSSR count). The van der Waals surface area contributed by atoms with Gasteiger partial charge in [0.25, 0.3) is 0 Å². The van der Waals surface area contributed by atoms with Crippen LogP contribution < -0.4 is 10.2 Å². The molecule has 3 aromatic rings. The highest BCUT2D eigenvalue weighted by Gasteiger charge is 2.40. The van der Waals surface area contributed by atoms with Crippen molar-refractivity contribution in [1.29, 1.82) is 0 Å². The lowest BCUT2D eigenvalue weighted by Crippen LogP contribution is -2.55. The number of nitrogens with one attached hydrogen (secondary N) is 1. The third-order valence-electron chi connectivity index (χ3n) is 7.06. The van der Waals surface area contributed by atoms with E-state index in [4.69, 9.17) is 0 Å². The Morgan fingerprint density at radius 3 is 2.62 bits per heavy atom. The lowest BCUT2D eigenvalue weighted by atomic mass is 9.83. The summed E-state index contributed by atoms with van der Waals surface area (Å²) in [5, 5.41) is 27.4. The van der Waals surface area contributed by atoms with E-state index >= 15 is 0 Å². The summed E-state index contributed by atoms with van der Waals surface area (Å²) in [5.41, 5.74) is 3.89. The summed E-state index contributed by atoms with van der Waals surface area (Å²) >= 11 is 0. The maximum absolute atomic E-state index is 12.9. The third kappa shape index (κ3) is 3.26. The van der Waals surface area contributed by atoms with E-state index in [1.165, 1.54) is 19.3 Å². The topological polar surface area (TPSA) is 96.2 Å². The number of piperidine rings is 2. The van der Waals surface area contributed by atoms with E-state index in [-0.39, 0.29) is 17.7 Å². The highest BCUT2D eigenvalue weighted by Crippen LogP contribution is 2.38. The third-order valence-corrected chi connectivity index (χ3v) is 7.06. The summed E-state index contributed by atoms with van der Waals surface area (Å²) < 4.78 is 1.73. The van der Waals surface area contributed by atoms with Crippen LogP contribution in [0.25, 0.3) is 22.4 Å². The van der Waals surface area contributed by atoms with Gasteiger partial charge in [-0.3, -0.25) is 14.4 Å². The quantitative estimate of drug-likeness (QED) is 0.663. The predicted molar refractivity (Wildman–Crippen MR) is 120 cm³/mol. The van der Waals surface area contributed by atoms with E-state index < -0.39 is 0 Å². The van der Waals surface area contributed by atoms with Gasteiger partial charge in [-0.15, -0.1) is 10.2 Å². The molecule has 2 aromatic heterocycles. The fourth-order valence-electron chi connectivity index (χ4n) is 5.58. The summed E-state index contributed by atoms with van der Waals surface area (Å²) in [4.78, 5) is 14.8. The summed E-state index contributed by atoms with van der Waals surface area (Å²) in [5.74, 6) is 0.927. The van der Waals surface area contributed by atoms with Crippen LogP contribution >= 0.6 is 0 Å². The smallest absolute Gasteiger partial charge is 0.233 e. The molecule has 3 aliphatic rings. The average Bonchev–Trinajstić information content (AvgIpc) is 3.35. The molecule has 2 bridgehead atoms. The van der Waals surface area contributed by atoms with Gasteiger partial charge >= 0.3 is 0 Å². The van der Waals surface area contributed by atoms with Crippen LogP contribution in [-0.2, 0) is 18.3 Å². The second kappa shape index (κ2) is 7.41. The predicted octanol–water partition coefficient (Wildman–Crippen LogP) is 2.81. The van der Waals surface area contributed by atoms with Gasteiger partial charge in [0.1, 0.15) is 5.75 Å². The molecule has 8 nitrogen and oxygen atoms in total. The fourth-order valence-corrected chi connectivity index (χ4v) is 5.58. The number of aromatic nitrogens is 4. The maximum atomic E-state index is 12.9. The number of phenolic OH excluding ortho intramolecular Hbond substituents is 1. The zero-order valence-corrected chi connectivity index (χ0v) is 18.0. The summed E-state index contributed by atoms with van der Waals surface area (Å²) in [6.07, 6.45) is 9.58. The molecule has 3 atom stereocenters. The highest BCUT2D eigenvalue weighted by molar-refractivity contribution is 6.01. The zero-order valence-electron chi connectivity index (χ0n) is 18.0. The Labute approximate surface area is 186 Å². The Hall–Kier alpha value is -3.26. The molecule has 1 amide bonds. The standard InChI is InChI=1S/C24H26N6O2/c1-29-13-16(12-25-29)14-5-6-20(22(31)8-14)21-7-15-9-23(32)30(24(15)28-27-21)19-10-17-3-2-4-18(11-19)26-17/h5-8,12-13,17-19,26,31H,2-4,9-11H2,1H3/t17-,18+,19?. The van der Waals surface area contributed by atoms with Gasteiger partial charge in [-0.05, 0) is 49.4 Å². The second-order valence-corrected chi connectivity index (χ2v) is 9.27. The minimum absolute atomic E-state index is 0.104. The van der Waals surface area contributed by atoms with Crippen molar-refractivity contribution in [2.24, 2.45) is 7.05 Å². The SMILES string of the molecule is Cn1cc(-c2ccc(-c3cc4c(nn3)N(C3C[C@H]5CCC[C@@H](C3)N5)C(=O)C4)c(O)c2)cn1. The van der Waals surface area contributed by atoms with E-state index in [1.54, 1.807) is 16.9 Å². The molecular weight excluding hydrogens is 404 g/mol. The molecule has 1 unspecified atom stereocenters. The Morgan fingerprint density at radius 1 is 1.09 bits per heavy atom. The number of aromatic hydroxyl groups is 1. The van der Waals surface area contributed by atoms with Gasteiger partial charge in [0.2, 0.25) is 5.91 Å². The molecule has 2 fully saturated rings. The van der Waals surface area contributed by atoms with Crippen molar-refractivity contribution in [3.63, 3.8) is 0 Å². The monoisotopic (exact) mass is 430 g/mol. The molecule has 0 aliphatic carbocycles. The number of rotatable bonds is 3. The number of hydrogen-bond donors (Lipinski definition) is 2. The van der Waals surface area contributed by atoms with E-state index in [2.05, 4.69) is 20.6 Å². The van der Waals surface area contributed by atoms with Crippen LogP contribution in [0.3, 0.4) is 0 Å². The fraction of sp³-hybridized carbons (Fsp3) is 0.417. The number of phenols is 1. The van der Waals surface area contributed by atoms with Gasteiger partial charge < -0.3 is 10.4 Å². The molecule has 8 heteroatoms. The van der Waals surface area contributed by atoms with Crippen LogP contribution in [0.15, 0.2) is 36.7 Å². The summed E-state index contributed by atoms with van der Waals surface area (Å²) in [6, 6.07) is 8.57. The summed E-state index contributed by atoms with van der Waals surface area (Å²) in [6.45, 7) is 0. The second-order valence-electron chi connectivity index (χ2n) is 9.27. The number of nitrogens with zero attached hydrogens (tertiary/aromatic N) is 5. The van der Waals surface area contributed by atoms with E-state index in [9.17, 15) is 9.90 Å². The number of benzene rings is 1. The lowest BCUT2D eigenvalue weighted by Gasteiger charge is -2.43. The molecule has 164 valence electrons. The number of carbonyl (C=O) groups is 1. The minimum Gasteiger partial charge on any atom is -0.507 e. The van der Waals surface area contributed by atoms with Crippen molar-refractivity contribution in [1.82, 2.24) is 25.3 Å². The molecule has 0 saturated carbocycles. The molecule has 5 heterocycles. The number of carbonyl (C=O) groups excluding carboxylic acids is 1. The van der Waals surface area contributed by atoms with Crippen LogP contribution in [0.4, 0.5) is 5.82 Å². The molecule has 0 spiro atoms. The molecule has 1 aromatic carbocycles. The van der Waals surface area contributed by atoms with Gasteiger partial charge in [0.15, 0.2) is 5.82 Å². The average molecular weight is 431 g/mol. The first-order valence-electron chi connectivity index (χ1n) is 11.3. The largest absolute Gasteiger partial charge is 0.507 e. The van der Waals surface area contributed by atoms with Crippen molar-refractivity contribution >= 4 is 11.7 Å². The Morgan fingerprint density at radius 2 is 1.91 bits per heavy atom. The Bertz CT molecular complexity index is 1190. The van der Waals surface area contributed by atoms with Crippen molar-refractivity contribution in [2.75, 3.05) is 4.90 Å². The van der Waals surface area contributed by atoms with Crippen LogP contribution in [0.5, 0.6) is 5.75 Å². The highest BCUT2D eigenvalue weighted by atomic mass is 16.3. The molecule has 0 radical (unpaired) electrons. The Kier molecular flexibility index (Phi) is 4.50. The van der Waals surface area contributed by atoms with Crippen LogP contribution in [0, 0.1) is 0 Å². The first-order chi connectivity index (χ1) is 15.5. The number of aryl methyl sites for hydroxylation is 1. The van der Waals surface area contributed by atoms with Crippen LogP contribution in [0.1, 0.15) is 37.7 Å². The van der Waals surface area contributed by atoms with E-state index in [1.807, 2.05) is 36.3 Å². The number of hydrogen-bond acceptors (Lipinski definition) is 6. The normalized spacial score (nSPS) is 24.6. The van der Waals surface area contributed by atoms with E-state index in [0.717, 1.165) is 29.5 Å². The number of anilines is 1. The van der Waals surface area contributed by atoms with Crippen LogP contribution in [0.2, 0.25) is 0 Å². The molecule has 3 aliphatic heterocycles. The minimum atomic E-state index is 0.104. The van der Waals surface area contributed by atoms with Gasteiger partial charge in [0.05, 0.1) is 18.3 Å². The van der Waals surface area contributed by atoms with Crippen molar-refractivity contribution < 1.29 is 9.90 Å². The number of amides is 1. The first kappa shape index (κ1) is 19.4. The maximum Gasteiger partial charge on any atom is 0.233 e.